The molecule has 1 N–H and O–H groups in total. The molecule has 0 saturated carbocycles. The average Bonchev–Trinajstić information content (AvgIpc) is 3.28. The van der Waals surface area contributed by atoms with Crippen LogP contribution in [0, 0.1) is 0 Å². The first kappa shape index (κ1) is 21.6. The Morgan fingerprint density at radius 3 is 2.56 bits per heavy atom. The lowest BCUT2D eigenvalue weighted by molar-refractivity contribution is -0.115. The normalized spacial score (nSPS) is 14.2. The van der Waals surface area contributed by atoms with Crippen LogP contribution in [0.4, 0.5) is 5.69 Å². The molecule has 1 aromatic heterocycles. The molecule has 0 unspecified atom stereocenters. The molecule has 0 spiro atoms. The number of carbonyl (C=O) groups excluding carboxylic acids is 2. The molecule has 2 amide bonds. The van der Waals surface area contributed by atoms with E-state index in [-0.39, 0.29) is 18.2 Å². The van der Waals surface area contributed by atoms with E-state index in [1.807, 2.05) is 42.3 Å². The summed E-state index contributed by atoms with van der Waals surface area (Å²) in [5.41, 5.74) is 2.32. The van der Waals surface area contributed by atoms with Crippen molar-refractivity contribution in [3.63, 3.8) is 0 Å². The zero-order valence-corrected chi connectivity index (χ0v) is 18.2. The maximum absolute atomic E-state index is 12.9. The number of nitrogens with zero attached hydrogens (tertiary/aromatic N) is 3. The second-order valence-corrected chi connectivity index (χ2v) is 7.75. The molecular weight excluding hydrogens is 408 g/mol. The summed E-state index contributed by atoms with van der Waals surface area (Å²) >= 11 is 0. The van der Waals surface area contributed by atoms with Gasteiger partial charge in [-0.1, -0.05) is 18.2 Å². The van der Waals surface area contributed by atoms with E-state index in [1.165, 1.54) is 13.4 Å². The van der Waals surface area contributed by atoms with Gasteiger partial charge in [0.15, 0.2) is 0 Å². The smallest absolute Gasteiger partial charge is 0.254 e. The van der Waals surface area contributed by atoms with Crippen molar-refractivity contribution in [3.8, 4) is 17.2 Å². The van der Waals surface area contributed by atoms with Gasteiger partial charge in [-0.05, 0) is 37.4 Å². The summed E-state index contributed by atoms with van der Waals surface area (Å²) in [6, 6.07) is 14.6. The van der Waals surface area contributed by atoms with Crippen LogP contribution in [-0.2, 0) is 11.2 Å². The van der Waals surface area contributed by atoms with Gasteiger partial charge in [-0.15, -0.1) is 0 Å². The number of carbonyl (C=O) groups is 2. The fraction of sp³-hybridized carbons (Fsp3) is 0.292. The number of nitrogens with one attached hydrogen (secondary N) is 1. The fourth-order valence-corrected chi connectivity index (χ4v) is 3.59. The highest BCUT2D eigenvalue weighted by Gasteiger charge is 2.22. The summed E-state index contributed by atoms with van der Waals surface area (Å²) in [6.45, 7) is 3.04. The van der Waals surface area contributed by atoms with Crippen molar-refractivity contribution >= 4 is 17.5 Å². The highest BCUT2D eigenvalue weighted by atomic mass is 16.5. The summed E-state index contributed by atoms with van der Waals surface area (Å²) in [6.07, 6.45) is 1.52. The van der Waals surface area contributed by atoms with Gasteiger partial charge in [0.05, 0.1) is 24.9 Å². The number of methoxy groups -OCH3 is 1. The van der Waals surface area contributed by atoms with E-state index >= 15 is 0 Å². The van der Waals surface area contributed by atoms with Crippen LogP contribution in [-0.4, -0.2) is 66.9 Å². The van der Waals surface area contributed by atoms with Crippen molar-refractivity contribution in [1.29, 1.82) is 0 Å². The molecule has 8 nitrogen and oxygen atoms in total. The summed E-state index contributed by atoms with van der Waals surface area (Å²) in [5.74, 6) is 0.616. The quantitative estimate of drug-likeness (QED) is 0.642. The predicted molar refractivity (Wildman–Crippen MR) is 121 cm³/mol. The Morgan fingerprint density at radius 2 is 1.84 bits per heavy atom. The third-order valence-corrected chi connectivity index (χ3v) is 5.43. The van der Waals surface area contributed by atoms with E-state index < -0.39 is 0 Å². The maximum Gasteiger partial charge on any atom is 0.254 e. The molecule has 1 aliphatic heterocycles. The molecule has 1 saturated heterocycles. The molecule has 0 radical (unpaired) electrons. The lowest BCUT2D eigenvalue weighted by atomic mass is 10.1. The fourth-order valence-electron chi connectivity index (χ4n) is 3.59. The third kappa shape index (κ3) is 4.97. The number of amides is 2. The van der Waals surface area contributed by atoms with Crippen molar-refractivity contribution in [2.24, 2.45) is 0 Å². The van der Waals surface area contributed by atoms with E-state index in [1.54, 1.807) is 18.2 Å². The lowest BCUT2D eigenvalue weighted by Crippen LogP contribution is -2.47. The Kier molecular flexibility index (Phi) is 6.51. The summed E-state index contributed by atoms with van der Waals surface area (Å²) in [5, 5.41) is 2.84. The molecule has 166 valence electrons. The Labute approximate surface area is 186 Å². The second-order valence-electron chi connectivity index (χ2n) is 7.75. The topological polar surface area (TPSA) is 87.9 Å². The molecule has 1 fully saturated rings. The van der Waals surface area contributed by atoms with Gasteiger partial charge < -0.3 is 24.3 Å². The van der Waals surface area contributed by atoms with Crippen LogP contribution in [0.25, 0.3) is 11.5 Å². The van der Waals surface area contributed by atoms with Crippen molar-refractivity contribution < 1.29 is 18.7 Å². The number of hydrogen-bond acceptors (Lipinski definition) is 6. The first-order chi connectivity index (χ1) is 15.5. The highest BCUT2D eigenvalue weighted by Crippen LogP contribution is 2.27. The highest BCUT2D eigenvalue weighted by molar-refractivity contribution is 5.98. The minimum atomic E-state index is -0.277. The van der Waals surface area contributed by atoms with E-state index in [0.717, 1.165) is 18.7 Å². The van der Waals surface area contributed by atoms with Crippen LogP contribution in [0.1, 0.15) is 16.1 Å². The zero-order chi connectivity index (χ0) is 22.5. The number of piperazine rings is 1. The van der Waals surface area contributed by atoms with Gasteiger partial charge in [0, 0.05) is 37.3 Å². The van der Waals surface area contributed by atoms with Gasteiger partial charge in [0.2, 0.25) is 11.8 Å². The number of benzene rings is 2. The lowest BCUT2D eigenvalue weighted by Gasteiger charge is -2.32. The van der Waals surface area contributed by atoms with Crippen LogP contribution in [0.15, 0.2) is 59.2 Å². The molecular formula is C24H26N4O4. The molecule has 3 aromatic rings. The van der Waals surface area contributed by atoms with E-state index in [9.17, 15) is 9.59 Å². The molecule has 0 aliphatic carbocycles. The predicted octanol–water partition coefficient (Wildman–Crippen LogP) is 2.92. The van der Waals surface area contributed by atoms with Crippen LogP contribution in [0.3, 0.4) is 0 Å². The third-order valence-electron chi connectivity index (χ3n) is 5.43. The first-order valence-corrected chi connectivity index (χ1v) is 10.5. The number of oxazole rings is 1. The SMILES string of the molecule is COc1ccc(C(=O)N2CCN(C)CC2)cc1NC(=O)Cc1coc(-c2ccccc2)n1. The van der Waals surface area contributed by atoms with E-state index in [2.05, 4.69) is 15.2 Å². The molecule has 4 rings (SSSR count). The van der Waals surface area contributed by atoms with Gasteiger partial charge >= 0.3 is 0 Å². The number of anilines is 1. The molecule has 8 heteroatoms. The molecule has 0 bridgehead atoms. The zero-order valence-electron chi connectivity index (χ0n) is 18.2. The molecule has 1 aliphatic rings. The van der Waals surface area contributed by atoms with Crippen molar-refractivity contribution in [2.75, 3.05) is 45.7 Å². The second kappa shape index (κ2) is 9.65. The van der Waals surface area contributed by atoms with Crippen LogP contribution < -0.4 is 10.1 Å². The number of ether oxygens (including phenoxy) is 1. The minimum absolute atomic E-state index is 0.0378. The molecule has 2 heterocycles. The Bertz CT molecular complexity index is 1090. The van der Waals surface area contributed by atoms with E-state index in [4.69, 9.17) is 9.15 Å². The summed E-state index contributed by atoms with van der Waals surface area (Å²) < 4.78 is 10.9. The van der Waals surface area contributed by atoms with Gasteiger partial charge in [-0.3, -0.25) is 9.59 Å². The van der Waals surface area contributed by atoms with Crippen molar-refractivity contribution in [3.05, 3.63) is 66.1 Å². The number of likely N-dealkylation sites (N-methyl/N-ethyl adjacent to an activating group) is 1. The van der Waals surface area contributed by atoms with Crippen LogP contribution in [0.5, 0.6) is 5.75 Å². The Morgan fingerprint density at radius 1 is 1.09 bits per heavy atom. The summed E-state index contributed by atoms with van der Waals surface area (Å²) in [4.78, 5) is 34.0. The monoisotopic (exact) mass is 434 g/mol. The van der Waals surface area contributed by atoms with Crippen molar-refractivity contribution in [1.82, 2.24) is 14.8 Å². The van der Waals surface area contributed by atoms with E-state index in [0.29, 0.717) is 41.7 Å². The van der Waals surface area contributed by atoms with Crippen LogP contribution >= 0.6 is 0 Å². The van der Waals surface area contributed by atoms with Gasteiger partial charge in [0.25, 0.3) is 5.91 Å². The summed E-state index contributed by atoms with van der Waals surface area (Å²) in [7, 11) is 3.57. The number of rotatable bonds is 6. The molecule has 32 heavy (non-hydrogen) atoms. The van der Waals surface area contributed by atoms with Crippen LogP contribution in [0.2, 0.25) is 0 Å². The largest absolute Gasteiger partial charge is 0.495 e. The first-order valence-electron chi connectivity index (χ1n) is 10.5. The van der Waals surface area contributed by atoms with Gasteiger partial charge in [-0.2, -0.15) is 0 Å². The van der Waals surface area contributed by atoms with Crippen molar-refractivity contribution in [2.45, 2.75) is 6.42 Å². The molecule has 2 aromatic carbocycles. The van der Waals surface area contributed by atoms with Gasteiger partial charge in [0.1, 0.15) is 12.0 Å². The maximum atomic E-state index is 12.9. The van der Waals surface area contributed by atoms with Gasteiger partial charge in [-0.25, -0.2) is 4.98 Å². The Hall–Kier alpha value is -3.65. The standard InChI is InChI=1S/C24H26N4O4/c1-27-10-12-28(13-11-27)24(30)18-8-9-21(31-2)20(14-18)26-22(29)15-19-16-32-23(25-19)17-6-4-3-5-7-17/h3-9,14,16H,10-13,15H2,1-2H3,(H,26,29). The average molecular weight is 434 g/mol. The minimum Gasteiger partial charge on any atom is -0.495 e. The Balaban J connectivity index is 1.45. The number of hydrogen-bond donors (Lipinski definition) is 1. The molecule has 0 atom stereocenters. The number of aromatic nitrogens is 1.